The number of esters is 3. The van der Waals surface area contributed by atoms with Crippen LogP contribution in [0.3, 0.4) is 0 Å². The summed E-state index contributed by atoms with van der Waals surface area (Å²) in [5.74, 6) is -1.36. The number of fused-ring (bicyclic) bond motifs is 1. The topological polar surface area (TPSA) is 97.4 Å². The zero-order valence-electron chi connectivity index (χ0n) is 19.7. The van der Waals surface area contributed by atoms with E-state index in [1.54, 1.807) is 59.8 Å². The van der Waals surface area contributed by atoms with Crippen molar-refractivity contribution in [2.75, 3.05) is 14.2 Å². The first-order valence-corrected chi connectivity index (χ1v) is 10.2. The maximum atomic E-state index is 12.7. The van der Waals surface area contributed by atoms with E-state index in [1.165, 1.54) is 20.3 Å². The molecule has 0 saturated carbocycles. The Labute approximate surface area is 188 Å². The van der Waals surface area contributed by atoms with E-state index in [0.717, 1.165) is 0 Å². The van der Waals surface area contributed by atoms with E-state index in [4.69, 9.17) is 23.7 Å². The molecule has 0 N–H and O–H groups in total. The molecule has 1 aliphatic rings. The first-order chi connectivity index (χ1) is 15.0. The fraction of sp³-hybridized carbons (Fsp3) is 0.458. The van der Waals surface area contributed by atoms with Crippen molar-refractivity contribution in [3.8, 4) is 11.5 Å². The van der Waals surface area contributed by atoms with E-state index in [-0.39, 0.29) is 16.9 Å². The van der Waals surface area contributed by atoms with Crippen LogP contribution in [0, 0.1) is 0 Å². The van der Waals surface area contributed by atoms with Gasteiger partial charge in [-0.2, -0.15) is 0 Å². The van der Waals surface area contributed by atoms with E-state index in [2.05, 4.69) is 0 Å². The highest BCUT2D eigenvalue weighted by Gasteiger charge is 2.51. The molecule has 0 unspecified atom stereocenters. The van der Waals surface area contributed by atoms with E-state index < -0.39 is 35.7 Å². The second-order valence-electron chi connectivity index (χ2n) is 7.85. The van der Waals surface area contributed by atoms with Gasteiger partial charge >= 0.3 is 17.9 Å². The highest BCUT2D eigenvalue weighted by molar-refractivity contribution is 5.94. The maximum absolute atomic E-state index is 12.7. The van der Waals surface area contributed by atoms with Crippen LogP contribution in [0.25, 0.3) is 0 Å². The normalized spacial score (nSPS) is 19.9. The SMILES string of the molecule is C/C=C(\C)C(=O)O[C@@H]1c2c(ccc(C(=O)OC)c2OC)OC(C)(C)[C@@H]1OC(=O)/C(C)=C/C. The fourth-order valence-electron chi connectivity index (χ4n) is 3.26. The molecule has 174 valence electrons. The second kappa shape index (κ2) is 9.89. The van der Waals surface area contributed by atoms with Crippen LogP contribution in [0.1, 0.15) is 63.6 Å². The lowest BCUT2D eigenvalue weighted by atomic mass is 9.86. The third-order valence-corrected chi connectivity index (χ3v) is 5.36. The Morgan fingerprint density at radius 1 is 0.969 bits per heavy atom. The highest BCUT2D eigenvalue weighted by Crippen LogP contribution is 2.49. The summed E-state index contributed by atoms with van der Waals surface area (Å²) in [5, 5.41) is 0. The molecule has 8 nitrogen and oxygen atoms in total. The van der Waals surface area contributed by atoms with Gasteiger partial charge < -0.3 is 23.7 Å². The Hall–Kier alpha value is -3.29. The van der Waals surface area contributed by atoms with Crippen LogP contribution >= 0.6 is 0 Å². The van der Waals surface area contributed by atoms with Crippen LogP contribution in [-0.2, 0) is 23.8 Å². The van der Waals surface area contributed by atoms with Gasteiger partial charge in [-0.05, 0) is 53.7 Å². The van der Waals surface area contributed by atoms with Crippen LogP contribution in [-0.4, -0.2) is 43.8 Å². The molecule has 1 aliphatic heterocycles. The third kappa shape index (κ3) is 4.79. The molecule has 0 bridgehead atoms. The molecule has 8 heteroatoms. The van der Waals surface area contributed by atoms with E-state index in [1.807, 2.05) is 0 Å². The summed E-state index contributed by atoms with van der Waals surface area (Å²) in [6.07, 6.45) is 1.09. The standard InChI is InChI=1S/C24H30O8/c1-9-13(3)21(25)30-19-17-16(12-11-15(18(17)28-7)23(27)29-8)32-24(5,6)20(19)31-22(26)14(4)10-2/h9-12,19-20H,1-8H3/b13-9+,14-10+/t19-,20-/m1/s1. The largest absolute Gasteiger partial charge is 0.495 e. The molecule has 1 heterocycles. The monoisotopic (exact) mass is 446 g/mol. The van der Waals surface area contributed by atoms with Gasteiger partial charge in [0.15, 0.2) is 12.2 Å². The van der Waals surface area contributed by atoms with Crippen molar-refractivity contribution in [3.63, 3.8) is 0 Å². The molecular weight excluding hydrogens is 416 g/mol. The van der Waals surface area contributed by atoms with Crippen LogP contribution in [0.5, 0.6) is 11.5 Å². The number of hydrogen-bond donors (Lipinski definition) is 0. The predicted molar refractivity (Wildman–Crippen MR) is 117 cm³/mol. The van der Waals surface area contributed by atoms with E-state index >= 15 is 0 Å². The number of hydrogen-bond acceptors (Lipinski definition) is 8. The van der Waals surface area contributed by atoms with Gasteiger partial charge in [0.25, 0.3) is 0 Å². The quantitative estimate of drug-likeness (QED) is 0.366. The van der Waals surface area contributed by atoms with Crippen molar-refractivity contribution < 1.29 is 38.1 Å². The fourth-order valence-corrected chi connectivity index (χ4v) is 3.26. The minimum absolute atomic E-state index is 0.115. The second-order valence-corrected chi connectivity index (χ2v) is 7.85. The van der Waals surface area contributed by atoms with Gasteiger partial charge in [-0.1, -0.05) is 12.2 Å². The average Bonchev–Trinajstić information content (AvgIpc) is 2.77. The molecule has 0 radical (unpaired) electrons. The predicted octanol–water partition coefficient (Wildman–Crippen LogP) is 4.08. The van der Waals surface area contributed by atoms with Crippen molar-refractivity contribution in [2.24, 2.45) is 0 Å². The van der Waals surface area contributed by atoms with Gasteiger partial charge in [0, 0.05) is 11.1 Å². The summed E-state index contributed by atoms with van der Waals surface area (Å²) in [6.45, 7) is 10.1. The van der Waals surface area contributed by atoms with Gasteiger partial charge in [-0.3, -0.25) is 0 Å². The molecule has 0 amide bonds. The van der Waals surface area contributed by atoms with Crippen molar-refractivity contribution in [1.82, 2.24) is 0 Å². The molecule has 0 fully saturated rings. The highest BCUT2D eigenvalue weighted by atomic mass is 16.6. The van der Waals surface area contributed by atoms with Crippen LogP contribution in [0.4, 0.5) is 0 Å². The molecule has 0 aliphatic carbocycles. The number of rotatable bonds is 6. The molecule has 2 atom stereocenters. The maximum Gasteiger partial charge on any atom is 0.341 e. The molecule has 2 rings (SSSR count). The van der Waals surface area contributed by atoms with Gasteiger partial charge in [0.05, 0.1) is 19.8 Å². The molecule has 0 saturated heterocycles. The number of allylic oxidation sites excluding steroid dienone is 2. The Kier molecular flexibility index (Phi) is 7.72. The molecule has 1 aromatic carbocycles. The number of ether oxygens (including phenoxy) is 5. The van der Waals surface area contributed by atoms with Crippen molar-refractivity contribution in [1.29, 1.82) is 0 Å². The number of carbonyl (C=O) groups is 3. The minimum Gasteiger partial charge on any atom is -0.495 e. The van der Waals surface area contributed by atoms with E-state index in [0.29, 0.717) is 16.9 Å². The lowest BCUT2D eigenvalue weighted by Gasteiger charge is -2.43. The van der Waals surface area contributed by atoms with Gasteiger partial charge in [0.1, 0.15) is 22.7 Å². The number of carbonyl (C=O) groups excluding carboxylic acids is 3. The zero-order chi connectivity index (χ0) is 24.2. The summed E-state index contributed by atoms with van der Waals surface area (Å²) < 4.78 is 28.1. The Balaban J connectivity index is 2.74. The summed E-state index contributed by atoms with van der Waals surface area (Å²) in [7, 11) is 2.63. The Bertz CT molecular complexity index is 970. The van der Waals surface area contributed by atoms with Gasteiger partial charge in [0.2, 0.25) is 0 Å². The zero-order valence-corrected chi connectivity index (χ0v) is 19.7. The smallest absolute Gasteiger partial charge is 0.341 e. The van der Waals surface area contributed by atoms with Crippen LogP contribution in [0.2, 0.25) is 0 Å². The van der Waals surface area contributed by atoms with Crippen LogP contribution < -0.4 is 9.47 Å². The summed E-state index contributed by atoms with van der Waals surface area (Å²) in [6, 6.07) is 3.08. The van der Waals surface area contributed by atoms with E-state index in [9.17, 15) is 14.4 Å². The van der Waals surface area contributed by atoms with Gasteiger partial charge in [-0.25, -0.2) is 14.4 Å². The van der Waals surface area contributed by atoms with Crippen molar-refractivity contribution in [2.45, 2.75) is 59.4 Å². The number of benzene rings is 1. The average molecular weight is 446 g/mol. The summed E-state index contributed by atoms with van der Waals surface area (Å²) >= 11 is 0. The molecule has 0 aromatic heterocycles. The molecular formula is C24H30O8. The Morgan fingerprint density at radius 2 is 1.53 bits per heavy atom. The van der Waals surface area contributed by atoms with Gasteiger partial charge in [-0.15, -0.1) is 0 Å². The lowest BCUT2D eigenvalue weighted by Crippen LogP contribution is -2.52. The first-order valence-electron chi connectivity index (χ1n) is 10.2. The molecule has 0 spiro atoms. The van der Waals surface area contributed by atoms with Crippen LogP contribution in [0.15, 0.2) is 35.4 Å². The lowest BCUT2D eigenvalue weighted by molar-refractivity contribution is -0.186. The summed E-state index contributed by atoms with van der Waals surface area (Å²) in [4.78, 5) is 37.7. The third-order valence-electron chi connectivity index (χ3n) is 5.36. The number of methoxy groups -OCH3 is 2. The van der Waals surface area contributed by atoms with Crippen molar-refractivity contribution in [3.05, 3.63) is 46.6 Å². The first kappa shape index (κ1) is 25.0. The minimum atomic E-state index is -1.11. The van der Waals surface area contributed by atoms with Crippen molar-refractivity contribution >= 4 is 17.9 Å². The molecule has 1 aromatic rings. The summed E-state index contributed by atoms with van der Waals surface area (Å²) in [5.41, 5.74) is 0.0900. The molecule has 32 heavy (non-hydrogen) atoms. The Morgan fingerprint density at radius 3 is 2.03 bits per heavy atom.